The van der Waals surface area contributed by atoms with Gasteiger partial charge in [0, 0.05) is 12.6 Å². The second-order valence-electron chi connectivity index (χ2n) is 5.14. The zero-order valence-electron chi connectivity index (χ0n) is 9.21. The molecule has 1 N–H and O–H groups in total. The lowest BCUT2D eigenvalue weighted by Gasteiger charge is -2.37. The van der Waals surface area contributed by atoms with Crippen molar-refractivity contribution >= 4 is 0 Å². The summed E-state index contributed by atoms with van der Waals surface area (Å²) in [6.45, 7) is 9.57. The van der Waals surface area contributed by atoms with Crippen molar-refractivity contribution in [3.8, 4) is 0 Å². The third-order valence-electron chi connectivity index (χ3n) is 2.98. The van der Waals surface area contributed by atoms with Crippen LogP contribution >= 0.6 is 0 Å². The van der Waals surface area contributed by atoms with Crippen molar-refractivity contribution < 1.29 is 5.11 Å². The lowest BCUT2D eigenvalue weighted by atomic mass is 9.84. The molecule has 1 unspecified atom stereocenters. The molecule has 0 saturated carbocycles. The average Bonchev–Trinajstić information content (AvgIpc) is 2.49. The highest BCUT2D eigenvalue weighted by atomic mass is 16.3. The quantitative estimate of drug-likeness (QED) is 0.725. The Balaban J connectivity index is 2.55. The normalized spacial score (nSPS) is 22.2. The van der Waals surface area contributed by atoms with E-state index in [0.29, 0.717) is 18.1 Å². The molecule has 2 nitrogen and oxygen atoms in total. The summed E-state index contributed by atoms with van der Waals surface area (Å²) in [5.74, 6) is 0. The van der Waals surface area contributed by atoms with Crippen molar-refractivity contribution in [2.24, 2.45) is 5.41 Å². The third kappa shape index (κ3) is 2.96. The van der Waals surface area contributed by atoms with Crippen molar-refractivity contribution in [3.05, 3.63) is 0 Å². The molecular weight excluding hydrogens is 162 g/mol. The van der Waals surface area contributed by atoms with Gasteiger partial charge < -0.3 is 5.11 Å². The van der Waals surface area contributed by atoms with Crippen LogP contribution in [0.25, 0.3) is 0 Å². The summed E-state index contributed by atoms with van der Waals surface area (Å²) in [5, 5.41) is 9.03. The topological polar surface area (TPSA) is 23.5 Å². The maximum Gasteiger partial charge on any atom is 0.0446 e. The first-order valence-electron chi connectivity index (χ1n) is 5.40. The van der Waals surface area contributed by atoms with Gasteiger partial charge in [0.05, 0.1) is 0 Å². The van der Waals surface area contributed by atoms with E-state index in [9.17, 15) is 0 Å². The fourth-order valence-corrected chi connectivity index (χ4v) is 2.34. The summed E-state index contributed by atoms with van der Waals surface area (Å²) in [7, 11) is 0. The van der Waals surface area contributed by atoms with Gasteiger partial charge in [-0.15, -0.1) is 0 Å². The Labute approximate surface area is 81.9 Å². The van der Waals surface area contributed by atoms with E-state index in [1.54, 1.807) is 0 Å². The summed E-state index contributed by atoms with van der Waals surface area (Å²) in [4.78, 5) is 2.54. The Kier molecular flexibility index (Phi) is 3.74. The van der Waals surface area contributed by atoms with Gasteiger partial charge in [0.2, 0.25) is 0 Å². The van der Waals surface area contributed by atoms with Crippen LogP contribution in [0, 0.1) is 5.41 Å². The molecule has 0 aromatic rings. The van der Waals surface area contributed by atoms with E-state index in [-0.39, 0.29) is 0 Å². The fraction of sp³-hybridized carbons (Fsp3) is 1.00. The molecule has 1 rings (SSSR count). The van der Waals surface area contributed by atoms with Crippen LogP contribution in [0.3, 0.4) is 0 Å². The zero-order valence-corrected chi connectivity index (χ0v) is 9.21. The molecule has 2 heteroatoms. The predicted octanol–water partition coefficient (Wildman–Crippen LogP) is 1.88. The van der Waals surface area contributed by atoms with Crippen LogP contribution in [-0.2, 0) is 0 Å². The SMILES string of the molecule is CC(C)(C)C(CCO)N1CCCC1. The Morgan fingerprint density at radius 1 is 1.23 bits per heavy atom. The number of hydrogen-bond acceptors (Lipinski definition) is 2. The third-order valence-corrected chi connectivity index (χ3v) is 2.98. The molecular formula is C11H23NO. The summed E-state index contributed by atoms with van der Waals surface area (Å²) in [5.41, 5.74) is 0.299. The summed E-state index contributed by atoms with van der Waals surface area (Å²) in [6.07, 6.45) is 3.58. The number of likely N-dealkylation sites (tertiary alicyclic amines) is 1. The van der Waals surface area contributed by atoms with Gasteiger partial charge in [-0.2, -0.15) is 0 Å². The number of nitrogens with zero attached hydrogens (tertiary/aromatic N) is 1. The van der Waals surface area contributed by atoms with Crippen LogP contribution in [0.2, 0.25) is 0 Å². The molecule has 0 aromatic heterocycles. The first kappa shape index (κ1) is 11.0. The van der Waals surface area contributed by atoms with Crippen LogP contribution in [0.4, 0.5) is 0 Å². The van der Waals surface area contributed by atoms with E-state index >= 15 is 0 Å². The molecule has 1 fully saturated rings. The predicted molar refractivity (Wildman–Crippen MR) is 55.8 cm³/mol. The van der Waals surface area contributed by atoms with Crippen LogP contribution in [0.1, 0.15) is 40.0 Å². The van der Waals surface area contributed by atoms with Gasteiger partial charge in [-0.05, 0) is 37.8 Å². The van der Waals surface area contributed by atoms with Gasteiger partial charge in [0.25, 0.3) is 0 Å². The van der Waals surface area contributed by atoms with Crippen molar-refractivity contribution in [3.63, 3.8) is 0 Å². The Morgan fingerprint density at radius 2 is 1.77 bits per heavy atom. The second-order valence-corrected chi connectivity index (χ2v) is 5.14. The standard InChI is InChI=1S/C11H23NO/c1-11(2,3)10(6-9-13)12-7-4-5-8-12/h10,13H,4-9H2,1-3H3. The molecule has 1 atom stereocenters. The van der Waals surface area contributed by atoms with Crippen molar-refractivity contribution in [2.75, 3.05) is 19.7 Å². The van der Waals surface area contributed by atoms with Gasteiger partial charge in [-0.1, -0.05) is 20.8 Å². The highest BCUT2D eigenvalue weighted by Gasteiger charge is 2.30. The molecule has 1 saturated heterocycles. The largest absolute Gasteiger partial charge is 0.396 e. The van der Waals surface area contributed by atoms with Crippen LogP contribution in [0.5, 0.6) is 0 Å². The minimum absolute atomic E-state index is 0.299. The molecule has 13 heavy (non-hydrogen) atoms. The van der Waals surface area contributed by atoms with Gasteiger partial charge in [-0.25, -0.2) is 0 Å². The lowest BCUT2D eigenvalue weighted by Crippen LogP contribution is -2.43. The van der Waals surface area contributed by atoms with E-state index in [4.69, 9.17) is 5.11 Å². The maximum absolute atomic E-state index is 9.03. The Morgan fingerprint density at radius 3 is 2.15 bits per heavy atom. The molecule has 1 aliphatic rings. The highest BCUT2D eigenvalue weighted by molar-refractivity contribution is 4.85. The molecule has 0 aliphatic carbocycles. The molecule has 1 heterocycles. The first-order chi connectivity index (χ1) is 6.05. The number of aliphatic hydroxyl groups excluding tert-OH is 1. The zero-order chi connectivity index (χ0) is 9.90. The highest BCUT2D eigenvalue weighted by Crippen LogP contribution is 2.29. The van der Waals surface area contributed by atoms with Gasteiger partial charge >= 0.3 is 0 Å². The summed E-state index contributed by atoms with van der Waals surface area (Å²) < 4.78 is 0. The summed E-state index contributed by atoms with van der Waals surface area (Å²) in [6, 6.07) is 0.556. The average molecular weight is 185 g/mol. The number of hydrogen-bond donors (Lipinski definition) is 1. The van der Waals surface area contributed by atoms with Crippen LogP contribution in [-0.4, -0.2) is 35.7 Å². The van der Waals surface area contributed by atoms with E-state index in [1.807, 2.05) is 0 Å². The molecule has 0 spiro atoms. The molecule has 0 bridgehead atoms. The van der Waals surface area contributed by atoms with E-state index in [0.717, 1.165) is 6.42 Å². The lowest BCUT2D eigenvalue weighted by molar-refractivity contribution is 0.0949. The minimum atomic E-state index is 0.299. The van der Waals surface area contributed by atoms with E-state index in [1.165, 1.54) is 25.9 Å². The van der Waals surface area contributed by atoms with Gasteiger partial charge in [-0.3, -0.25) is 4.90 Å². The smallest absolute Gasteiger partial charge is 0.0446 e. The Bertz CT molecular complexity index is 145. The second kappa shape index (κ2) is 4.43. The summed E-state index contributed by atoms with van der Waals surface area (Å²) >= 11 is 0. The van der Waals surface area contributed by atoms with Crippen molar-refractivity contribution in [2.45, 2.75) is 46.1 Å². The van der Waals surface area contributed by atoms with Crippen molar-refractivity contribution in [1.82, 2.24) is 4.90 Å². The number of aliphatic hydroxyl groups is 1. The van der Waals surface area contributed by atoms with Crippen LogP contribution in [0.15, 0.2) is 0 Å². The number of rotatable bonds is 3. The van der Waals surface area contributed by atoms with E-state index < -0.39 is 0 Å². The van der Waals surface area contributed by atoms with E-state index in [2.05, 4.69) is 25.7 Å². The molecule has 1 aliphatic heterocycles. The van der Waals surface area contributed by atoms with Crippen molar-refractivity contribution in [1.29, 1.82) is 0 Å². The Hall–Kier alpha value is -0.0800. The molecule has 0 amide bonds. The minimum Gasteiger partial charge on any atom is -0.396 e. The molecule has 0 radical (unpaired) electrons. The maximum atomic E-state index is 9.03. The first-order valence-corrected chi connectivity index (χ1v) is 5.40. The molecule has 0 aromatic carbocycles. The van der Waals surface area contributed by atoms with Crippen LogP contribution < -0.4 is 0 Å². The molecule has 78 valence electrons. The fourth-order valence-electron chi connectivity index (χ4n) is 2.34. The monoisotopic (exact) mass is 185 g/mol. The van der Waals surface area contributed by atoms with Gasteiger partial charge in [0.1, 0.15) is 0 Å². The van der Waals surface area contributed by atoms with Gasteiger partial charge in [0.15, 0.2) is 0 Å².